The van der Waals surface area contributed by atoms with E-state index in [1.807, 2.05) is 0 Å². The Morgan fingerprint density at radius 2 is 0.583 bits per heavy atom. The molecule has 0 saturated carbocycles. The van der Waals surface area contributed by atoms with Crippen LogP contribution in [-0.2, 0) is 0 Å². The third kappa shape index (κ3) is 4.10. The highest BCUT2D eigenvalue weighted by molar-refractivity contribution is 6.26. The predicted molar refractivity (Wildman–Crippen MR) is 208 cm³/mol. The van der Waals surface area contributed by atoms with Crippen LogP contribution in [0.15, 0.2) is 182 Å². The standard InChI is InChI=1S/C48H30/c1-3-15-35-31(12-1)14-11-23-36(35)32-24-26-33(27-25-32)44-29-46-42-21-9-10-22-43(42)47(30-48(46)41-20-8-6-18-39(41)44)45-28-34-13-2-4-16-37(34)38-17-5-7-19-40(38)45/h1-30H. The number of benzene rings is 10. The van der Waals surface area contributed by atoms with Crippen LogP contribution >= 0.6 is 0 Å². The molecule has 0 aliphatic carbocycles. The first-order chi connectivity index (χ1) is 23.8. The van der Waals surface area contributed by atoms with Crippen LogP contribution in [0.1, 0.15) is 0 Å². The van der Waals surface area contributed by atoms with E-state index in [4.69, 9.17) is 0 Å². The van der Waals surface area contributed by atoms with E-state index >= 15 is 0 Å². The normalized spacial score (nSPS) is 11.8. The van der Waals surface area contributed by atoms with E-state index in [0.717, 1.165) is 0 Å². The van der Waals surface area contributed by atoms with E-state index in [-0.39, 0.29) is 0 Å². The fraction of sp³-hybridized carbons (Fsp3) is 0. The zero-order valence-corrected chi connectivity index (χ0v) is 26.3. The van der Waals surface area contributed by atoms with E-state index in [0.29, 0.717) is 0 Å². The molecule has 0 heterocycles. The Balaban J connectivity index is 1.22. The highest BCUT2D eigenvalue weighted by Gasteiger charge is 2.17. The smallest absolute Gasteiger partial charge is 0.00923 e. The third-order valence-electron chi connectivity index (χ3n) is 10.2. The van der Waals surface area contributed by atoms with Gasteiger partial charge < -0.3 is 0 Å². The Labute approximate surface area is 279 Å². The Bertz CT molecular complexity index is 2870. The third-order valence-corrected chi connectivity index (χ3v) is 10.2. The Hall–Kier alpha value is -6.24. The molecule has 0 aliphatic rings. The topological polar surface area (TPSA) is 0 Å². The summed E-state index contributed by atoms with van der Waals surface area (Å²) in [5.41, 5.74) is 7.54. The van der Waals surface area contributed by atoms with Crippen LogP contribution in [0.3, 0.4) is 0 Å². The lowest BCUT2D eigenvalue weighted by atomic mass is 9.85. The van der Waals surface area contributed by atoms with Crippen LogP contribution in [-0.4, -0.2) is 0 Å². The molecule has 0 saturated heterocycles. The number of hydrogen-bond acceptors (Lipinski definition) is 0. The van der Waals surface area contributed by atoms with Crippen molar-refractivity contribution in [2.75, 3.05) is 0 Å². The second-order valence-electron chi connectivity index (χ2n) is 12.8. The summed E-state index contributed by atoms with van der Waals surface area (Å²) in [4.78, 5) is 0. The van der Waals surface area contributed by atoms with Gasteiger partial charge in [0.2, 0.25) is 0 Å². The van der Waals surface area contributed by atoms with E-state index in [1.165, 1.54) is 98.0 Å². The molecule has 0 fully saturated rings. The summed E-state index contributed by atoms with van der Waals surface area (Å²) in [6, 6.07) is 67.1. The SMILES string of the molecule is c1ccc2c(-c3ccc(-c4cc5c6ccccc6c(-c6cc7ccccc7c7ccccc67)cc5c5ccccc45)cc3)cccc2c1. The molecule has 10 aromatic rings. The monoisotopic (exact) mass is 606 g/mol. The van der Waals surface area contributed by atoms with Gasteiger partial charge in [0, 0.05) is 0 Å². The molecule has 0 amide bonds. The summed E-state index contributed by atoms with van der Waals surface area (Å²) in [6.07, 6.45) is 0. The molecule has 10 rings (SSSR count). The average molecular weight is 607 g/mol. The van der Waals surface area contributed by atoms with Crippen LogP contribution in [0, 0.1) is 0 Å². The van der Waals surface area contributed by atoms with Gasteiger partial charge in [0.05, 0.1) is 0 Å². The molecule has 10 aromatic carbocycles. The molecule has 0 radical (unpaired) electrons. The van der Waals surface area contributed by atoms with Crippen LogP contribution in [0.4, 0.5) is 0 Å². The van der Waals surface area contributed by atoms with Gasteiger partial charge in [-0.05, 0) is 116 Å². The van der Waals surface area contributed by atoms with Crippen LogP contribution in [0.2, 0.25) is 0 Å². The van der Waals surface area contributed by atoms with Gasteiger partial charge in [0.25, 0.3) is 0 Å². The molecular weight excluding hydrogens is 577 g/mol. The van der Waals surface area contributed by atoms with Crippen molar-refractivity contribution in [3.8, 4) is 33.4 Å². The maximum atomic E-state index is 2.45. The van der Waals surface area contributed by atoms with E-state index in [2.05, 4.69) is 182 Å². The maximum Gasteiger partial charge on any atom is -0.00923 e. The predicted octanol–water partition coefficient (Wildman–Crippen LogP) is 13.6. The van der Waals surface area contributed by atoms with Crippen LogP contribution < -0.4 is 0 Å². The summed E-state index contributed by atoms with van der Waals surface area (Å²) < 4.78 is 0. The molecule has 0 bridgehead atoms. The van der Waals surface area contributed by atoms with Gasteiger partial charge in [-0.25, -0.2) is 0 Å². The minimum absolute atomic E-state index is 1.23. The summed E-state index contributed by atoms with van der Waals surface area (Å²) in [7, 11) is 0. The van der Waals surface area contributed by atoms with Gasteiger partial charge in [-0.2, -0.15) is 0 Å². The highest BCUT2D eigenvalue weighted by Crippen LogP contribution is 2.44. The first kappa shape index (κ1) is 26.9. The molecule has 0 atom stereocenters. The zero-order chi connectivity index (χ0) is 31.6. The van der Waals surface area contributed by atoms with Crippen molar-refractivity contribution in [2.45, 2.75) is 0 Å². The van der Waals surface area contributed by atoms with Gasteiger partial charge in [-0.1, -0.05) is 164 Å². The molecule has 0 nitrogen and oxygen atoms in total. The van der Waals surface area contributed by atoms with Crippen molar-refractivity contribution in [2.24, 2.45) is 0 Å². The molecule has 0 unspecified atom stereocenters. The van der Waals surface area contributed by atoms with Gasteiger partial charge in [0.15, 0.2) is 0 Å². The van der Waals surface area contributed by atoms with Crippen LogP contribution in [0.5, 0.6) is 0 Å². The second-order valence-corrected chi connectivity index (χ2v) is 12.8. The molecule has 0 spiro atoms. The van der Waals surface area contributed by atoms with E-state index in [1.54, 1.807) is 0 Å². The van der Waals surface area contributed by atoms with Crippen molar-refractivity contribution >= 4 is 64.6 Å². The highest BCUT2D eigenvalue weighted by atomic mass is 14.2. The van der Waals surface area contributed by atoms with Crippen molar-refractivity contribution in [1.29, 1.82) is 0 Å². The quantitative estimate of drug-likeness (QED) is 0.176. The van der Waals surface area contributed by atoms with E-state index in [9.17, 15) is 0 Å². The van der Waals surface area contributed by atoms with Gasteiger partial charge >= 0.3 is 0 Å². The molecule has 0 aromatic heterocycles. The van der Waals surface area contributed by atoms with Gasteiger partial charge in [-0.3, -0.25) is 0 Å². The van der Waals surface area contributed by atoms with Gasteiger partial charge in [-0.15, -0.1) is 0 Å². The molecule has 222 valence electrons. The Morgan fingerprint density at radius 1 is 0.188 bits per heavy atom. The van der Waals surface area contributed by atoms with E-state index < -0.39 is 0 Å². The second kappa shape index (κ2) is 10.7. The average Bonchev–Trinajstić information content (AvgIpc) is 3.17. The lowest BCUT2D eigenvalue weighted by molar-refractivity contribution is 1.63. The summed E-state index contributed by atoms with van der Waals surface area (Å²) >= 11 is 0. The molecule has 0 heteroatoms. The van der Waals surface area contributed by atoms with Crippen molar-refractivity contribution in [3.63, 3.8) is 0 Å². The zero-order valence-electron chi connectivity index (χ0n) is 26.3. The Morgan fingerprint density at radius 3 is 1.21 bits per heavy atom. The van der Waals surface area contributed by atoms with Crippen molar-refractivity contribution in [1.82, 2.24) is 0 Å². The number of fused-ring (bicyclic) bond motifs is 9. The lowest BCUT2D eigenvalue weighted by Crippen LogP contribution is -1.90. The largest absolute Gasteiger partial charge is 0.0616 e. The number of rotatable bonds is 3. The molecule has 48 heavy (non-hydrogen) atoms. The minimum Gasteiger partial charge on any atom is -0.0616 e. The first-order valence-electron chi connectivity index (χ1n) is 16.7. The number of hydrogen-bond donors (Lipinski definition) is 0. The van der Waals surface area contributed by atoms with Crippen molar-refractivity contribution < 1.29 is 0 Å². The Kier molecular flexibility index (Phi) is 5.98. The first-order valence-corrected chi connectivity index (χ1v) is 16.7. The fourth-order valence-electron chi connectivity index (χ4n) is 8.00. The summed E-state index contributed by atoms with van der Waals surface area (Å²) in [5.74, 6) is 0. The summed E-state index contributed by atoms with van der Waals surface area (Å²) in [5, 5.41) is 15.4. The van der Waals surface area contributed by atoms with Crippen LogP contribution in [0.25, 0.3) is 98.0 Å². The minimum atomic E-state index is 1.23. The molecule has 0 N–H and O–H groups in total. The van der Waals surface area contributed by atoms with Crippen molar-refractivity contribution in [3.05, 3.63) is 182 Å². The summed E-state index contributed by atoms with van der Waals surface area (Å²) in [6.45, 7) is 0. The molecule has 0 aliphatic heterocycles. The maximum absolute atomic E-state index is 2.45. The molecular formula is C48H30. The van der Waals surface area contributed by atoms with Gasteiger partial charge in [0.1, 0.15) is 0 Å². The fourth-order valence-corrected chi connectivity index (χ4v) is 8.00. The lowest BCUT2D eigenvalue weighted by Gasteiger charge is -2.18.